The maximum absolute atomic E-state index is 13.9. The van der Waals surface area contributed by atoms with Crippen molar-refractivity contribution in [2.75, 3.05) is 4.90 Å². The Kier molecular flexibility index (Phi) is 4.96. The van der Waals surface area contributed by atoms with Gasteiger partial charge in [0.2, 0.25) is 11.8 Å². The largest absolute Gasteiger partial charge is 0.367 e. The second kappa shape index (κ2) is 7.97. The van der Waals surface area contributed by atoms with E-state index in [4.69, 9.17) is 4.74 Å². The maximum atomic E-state index is 13.9. The normalized spacial score (nSPS) is 28.7. The van der Waals surface area contributed by atoms with Crippen molar-refractivity contribution in [3.05, 3.63) is 90.0 Å². The molecule has 178 valence electrons. The molecule has 3 heterocycles. The lowest BCUT2D eigenvalue weighted by molar-refractivity contribution is -0.130. The molecule has 0 spiro atoms. The zero-order chi connectivity index (χ0) is 25.1. The van der Waals surface area contributed by atoms with Crippen molar-refractivity contribution >= 4 is 34.1 Å². The number of amides is 2. The van der Waals surface area contributed by atoms with Crippen molar-refractivity contribution in [3.63, 3.8) is 0 Å². The Balaban J connectivity index is 1.35. The Hall–Kier alpha value is -4.08. The van der Waals surface area contributed by atoms with E-state index >= 15 is 0 Å². The molecule has 3 aliphatic rings. The van der Waals surface area contributed by atoms with Crippen molar-refractivity contribution in [1.29, 1.82) is 5.26 Å². The molecule has 0 aliphatic carbocycles. The number of benzene rings is 3. The van der Waals surface area contributed by atoms with Gasteiger partial charge in [-0.15, -0.1) is 0 Å². The predicted molar refractivity (Wildman–Crippen MR) is 134 cm³/mol. The number of hydrogen-bond donors (Lipinski definition) is 0. The zero-order valence-corrected chi connectivity index (χ0v) is 19.8. The maximum Gasteiger partial charge on any atom is 0.240 e. The monoisotopic (exact) mass is 476 g/mol. The van der Waals surface area contributed by atoms with Crippen LogP contribution >= 0.6 is 0 Å². The first kappa shape index (κ1) is 22.4. The van der Waals surface area contributed by atoms with Gasteiger partial charge in [0.1, 0.15) is 0 Å². The van der Waals surface area contributed by atoms with Crippen LogP contribution in [-0.2, 0) is 14.3 Å². The van der Waals surface area contributed by atoms with Gasteiger partial charge < -0.3 is 4.74 Å². The fraction of sp³-hybridized carbons (Fsp3) is 0.267. The van der Waals surface area contributed by atoms with Gasteiger partial charge >= 0.3 is 0 Å². The highest BCUT2D eigenvalue weighted by Gasteiger charge is 2.73. The molecule has 36 heavy (non-hydrogen) atoms. The lowest BCUT2D eigenvalue weighted by Gasteiger charge is -2.30. The number of imide groups is 1. The molecular weight excluding hydrogens is 452 g/mol. The molecule has 3 aromatic rings. The summed E-state index contributed by atoms with van der Waals surface area (Å²) >= 11 is 0. The van der Waals surface area contributed by atoms with E-state index in [0.29, 0.717) is 46.8 Å². The summed E-state index contributed by atoms with van der Waals surface area (Å²) in [5.41, 5.74) is 0.0390. The highest BCUT2D eigenvalue weighted by Crippen LogP contribution is 2.62. The molecule has 6 rings (SSSR count). The van der Waals surface area contributed by atoms with Crippen molar-refractivity contribution in [1.82, 2.24) is 0 Å². The molecule has 3 aliphatic heterocycles. The molecule has 0 N–H and O–H groups in total. The van der Waals surface area contributed by atoms with Crippen LogP contribution in [0.15, 0.2) is 78.9 Å². The quantitative estimate of drug-likeness (QED) is 0.295. The third-order valence-electron chi connectivity index (χ3n) is 8.07. The van der Waals surface area contributed by atoms with E-state index < -0.39 is 23.0 Å². The van der Waals surface area contributed by atoms with Crippen LogP contribution in [-0.4, -0.2) is 28.8 Å². The molecule has 6 nitrogen and oxygen atoms in total. The molecule has 0 saturated carbocycles. The lowest BCUT2D eigenvalue weighted by Crippen LogP contribution is -2.41. The summed E-state index contributed by atoms with van der Waals surface area (Å²) < 4.78 is 6.48. The van der Waals surface area contributed by atoms with E-state index in [1.54, 1.807) is 30.3 Å². The smallest absolute Gasteiger partial charge is 0.240 e. The van der Waals surface area contributed by atoms with Gasteiger partial charge in [-0.2, -0.15) is 5.26 Å². The van der Waals surface area contributed by atoms with Gasteiger partial charge in [0.15, 0.2) is 5.78 Å². The number of rotatable bonds is 5. The van der Waals surface area contributed by atoms with Gasteiger partial charge in [-0.25, -0.2) is 4.90 Å². The van der Waals surface area contributed by atoms with Gasteiger partial charge in [-0.05, 0) is 44.4 Å². The molecule has 2 unspecified atom stereocenters. The number of nitrogens with zero attached hydrogens (tertiary/aromatic N) is 2. The molecule has 6 heteroatoms. The third-order valence-corrected chi connectivity index (χ3v) is 8.07. The van der Waals surface area contributed by atoms with Gasteiger partial charge in [0, 0.05) is 16.3 Å². The van der Waals surface area contributed by atoms with E-state index in [-0.39, 0.29) is 17.6 Å². The number of carbonyl (C=O) groups is 3. The Morgan fingerprint density at radius 1 is 1.00 bits per heavy atom. The highest BCUT2D eigenvalue weighted by molar-refractivity contribution is 6.26. The highest BCUT2D eigenvalue weighted by atomic mass is 16.5. The number of hydrogen-bond acceptors (Lipinski definition) is 5. The first-order valence-corrected chi connectivity index (χ1v) is 12.1. The lowest BCUT2D eigenvalue weighted by atomic mass is 9.67. The summed E-state index contributed by atoms with van der Waals surface area (Å²) in [7, 11) is 0. The molecular formula is C30H24N2O4. The molecule has 4 atom stereocenters. The minimum Gasteiger partial charge on any atom is -0.367 e. The van der Waals surface area contributed by atoms with Crippen LogP contribution in [0.5, 0.6) is 0 Å². The average molecular weight is 477 g/mol. The van der Waals surface area contributed by atoms with Gasteiger partial charge in [0.25, 0.3) is 0 Å². The summed E-state index contributed by atoms with van der Waals surface area (Å²) in [6.45, 7) is 1.92. The van der Waals surface area contributed by atoms with Crippen LogP contribution in [0.1, 0.15) is 42.1 Å². The third kappa shape index (κ3) is 3.09. The molecule has 0 aromatic heterocycles. The fourth-order valence-electron chi connectivity index (χ4n) is 6.43. The van der Waals surface area contributed by atoms with Crippen LogP contribution < -0.4 is 4.90 Å². The van der Waals surface area contributed by atoms with Crippen LogP contribution in [0.25, 0.3) is 10.8 Å². The van der Waals surface area contributed by atoms with E-state index in [2.05, 4.69) is 6.07 Å². The fourth-order valence-corrected chi connectivity index (χ4v) is 6.43. The number of ether oxygens (including phenoxy) is 1. The average Bonchev–Trinajstić information content (AvgIpc) is 3.48. The van der Waals surface area contributed by atoms with E-state index in [1.165, 1.54) is 11.0 Å². The minimum absolute atomic E-state index is 0.109. The Bertz CT molecular complexity index is 1500. The topological polar surface area (TPSA) is 87.5 Å². The first-order valence-electron chi connectivity index (χ1n) is 12.1. The van der Waals surface area contributed by atoms with E-state index in [9.17, 15) is 19.6 Å². The standard InChI is InChI=1S/C30H24N2O4/c1-29-16-17-30(36-29,15-7-12-24(33)19-8-3-2-4-9-19)26-25(29)27(34)32(28(26)35)23-14-13-20(18-31)21-10-5-6-11-22(21)23/h2-14,25-26H,15-17H2,1H3/b12-7+/t25-,26+,29?,30?/m1/s1. The van der Waals surface area contributed by atoms with Crippen molar-refractivity contribution in [2.45, 2.75) is 37.4 Å². The summed E-state index contributed by atoms with van der Waals surface area (Å²) in [6, 6.07) is 21.9. The molecule has 3 saturated heterocycles. The number of ketones is 1. The van der Waals surface area contributed by atoms with Crippen LogP contribution in [0, 0.1) is 23.2 Å². The van der Waals surface area contributed by atoms with Gasteiger partial charge in [-0.1, -0.05) is 60.7 Å². The Morgan fingerprint density at radius 2 is 1.69 bits per heavy atom. The van der Waals surface area contributed by atoms with E-state index in [0.717, 1.165) is 0 Å². The minimum atomic E-state index is -0.823. The summed E-state index contributed by atoms with van der Waals surface area (Å²) in [6.07, 6.45) is 5.01. The molecule has 2 bridgehead atoms. The van der Waals surface area contributed by atoms with Crippen molar-refractivity contribution in [2.24, 2.45) is 11.8 Å². The molecule has 0 radical (unpaired) electrons. The molecule has 3 fully saturated rings. The number of allylic oxidation sites excluding steroid dienone is 1. The van der Waals surface area contributed by atoms with Crippen molar-refractivity contribution < 1.29 is 19.1 Å². The summed E-state index contributed by atoms with van der Waals surface area (Å²) in [4.78, 5) is 41.6. The van der Waals surface area contributed by atoms with Gasteiger partial charge in [0.05, 0.1) is 40.4 Å². The SMILES string of the molecule is CC12CCC(C/C=C/C(=O)c3ccccc3)(O1)[C@@H]1C(=O)N(c3ccc(C#N)c4ccccc34)C(=O)[C@@H]12. The van der Waals surface area contributed by atoms with E-state index in [1.807, 2.05) is 49.4 Å². The van der Waals surface area contributed by atoms with Crippen LogP contribution in [0.2, 0.25) is 0 Å². The first-order chi connectivity index (χ1) is 17.4. The number of nitriles is 1. The second-order valence-corrected chi connectivity index (χ2v) is 10.1. The van der Waals surface area contributed by atoms with Crippen LogP contribution in [0.3, 0.4) is 0 Å². The van der Waals surface area contributed by atoms with Gasteiger partial charge in [-0.3, -0.25) is 14.4 Å². The number of anilines is 1. The Morgan fingerprint density at radius 3 is 2.44 bits per heavy atom. The number of fused-ring (bicyclic) bond motifs is 6. The zero-order valence-electron chi connectivity index (χ0n) is 19.8. The van der Waals surface area contributed by atoms with Crippen molar-refractivity contribution in [3.8, 4) is 6.07 Å². The number of carbonyl (C=O) groups excluding carboxylic acids is 3. The summed E-state index contributed by atoms with van der Waals surface area (Å²) in [5, 5.41) is 10.9. The molecule has 2 amide bonds. The predicted octanol–water partition coefficient (Wildman–Crippen LogP) is 4.97. The summed E-state index contributed by atoms with van der Waals surface area (Å²) in [5.74, 6) is -1.83. The Labute approximate surface area is 208 Å². The second-order valence-electron chi connectivity index (χ2n) is 10.1. The molecule has 3 aromatic carbocycles. The van der Waals surface area contributed by atoms with Crippen LogP contribution in [0.4, 0.5) is 5.69 Å².